The van der Waals surface area contributed by atoms with Crippen molar-refractivity contribution in [1.82, 2.24) is 0 Å². The SMILES string of the molecule is C[C@H](CCC[C@@](C)(O)[C@@H](C)CO[Si](C)(C)C(C)(C)C)[C@H]1CC[C@H]2C(=O)CCC[C@]12C. The largest absolute Gasteiger partial charge is 0.416 e. The summed E-state index contributed by atoms with van der Waals surface area (Å²) in [6.07, 6.45) is 8.43. The van der Waals surface area contributed by atoms with Crippen LogP contribution in [0.15, 0.2) is 0 Å². The lowest BCUT2D eigenvalue weighted by molar-refractivity contribution is -0.130. The molecule has 0 unspecified atom stereocenters. The van der Waals surface area contributed by atoms with Crippen molar-refractivity contribution < 1.29 is 14.3 Å². The van der Waals surface area contributed by atoms with Crippen molar-refractivity contribution in [2.75, 3.05) is 6.61 Å². The number of carbonyl (C=O) groups is 1. The maximum Gasteiger partial charge on any atom is 0.191 e. The smallest absolute Gasteiger partial charge is 0.191 e. The number of Topliss-reactive ketones (excluding diaryl/α,β-unsaturated/α-hetero) is 1. The van der Waals surface area contributed by atoms with E-state index in [4.69, 9.17) is 4.43 Å². The minimum atomic E-state index is -1.78. The fraction of sp³-hybridized carbons (Fsp3) is 0.962. The van der Waals surface area contributed by atoms with Crippen molar-refractivity contribution in [1.29, 1.82) is 0 Å². The Morgan fingerprint density at radius 3 is 2.43 bits per heavy atom. The molecule has 176 valence electrons. The zero-order valence-electron chi connectivity index (χ0n) is 21.4. The van der Waals surface area contributed by atoms with Crippen molar-refractivity contribution in [3.05, 3.63) is 0 Å². The molecule has 0 saturated heterocycles. The zero-order valence-corrected chi connectivity index (χ0v) is 22.4. The molecule has 0 amide bonds. The van der Waals surface area contributed by atoms with E-state index in [1.807, 2.05) is 6.92 Å². The van der Waals surface area contributed by atoms with Crippen LogP contribution in [-0.2, 0) is 9.22 Å². The van der Waals surface area contributed by atoms with Gasteiger partial charge in [-0.15, -0.1) is 0 Å². The summed E-state index contributed by atoms with van der Waals surface area (Å²) in [5, 5.41) is 11.3. The van der Waals surface area contributed by atoms with Gasteiger partial charge in [-0.05, 0) is 74.4 Å². The Bertz CT molecular complexity index is 592. The highest BCUT2D eigenvalue weighted by molar-refractivity contribution is 6.74. The van der Waals surface area contributed by atoms with Crippen LogP contribution in [0.5, 0.6) is 0 Å². The lowest BCUT2D eigenvalue weighted by Crippen LogP contribution is -2.44. The molecule has 0 radical (unpaired) electrons. The molecule has 0 aliphatic heterocycles. The topological polar surface area (TPSA) is 46.5 Å². The monoisotopic (exact) mass is 438 g/mol. The number of carbonyl (C=O) groups excluding carboxylic acids is 1. The van der Waals surface area contributed by atoms with Gasteiger partial charge in [-0.3, -0.25) is 4.79 Å². The molecule has 0 bridgehead atoms. The summed E-state index contributed by atoms with van der Waals surface area (Å²) in [7, 11) is -1.78. The van der Waals surface area contributed by atoms with Crippen molar-refractivity contribution in [3.8, 4) is 0 Å². The summed E-state index contributed by atoms with van der Waals surface area (Å²) >= 11 is 0. The first-order valence-corrected chi connectivity index (χ1v) is 15.4. The van der Waals surface area contributed by atoms with Crippen LogP contribution < -0.4 is 0 Å². The van der Waals surface area contributed by atoms with Crippen LogP contribution in [0.25, 0.3) is 0 Å². The summed E-state index contributed by atoms with van der Waals surface area (Å²) in [6, 6.07) is 0. The van der Waals surface area contributed by atoms with Gasteiger partial charge in [0.05, 0.1) is 5.60 Å². The maximum atomic E-state index is 12.4. The number of rotatable bonds is 9. The predicted octanol–water partition coefficient (Wildman–Crippen LogP) is 6.99. The molecule has 1 N–H and O–H groups in total. The third-order valence-electron chi connectivity index (χ3n) is 9.53. The van der Waals surface area contributed by atoms with Crippen LogP contribution in [-0.4, -0.2) is 31.4 Å². The van der Waals surface area contributed by atoms with Crippen molar-refractivity contribution >= 4 is 14.1 Å². The van der Waals surface area contributed by atoms with E-state index < -0.39 is 13.9 Å². The van der Waals surface area contributed by atoms with E-state index in [9.17, 15) is 9.90 Å². The summed E-state index contributed by atoms with van der Waals surface area (Å²) in [6.45, 7) is 20.9. The second-order valence-electron chi connectivity index (χ2n) is 12.8. The predicted molar refractivity (Wildman–Crippen MR) is 129 cm³/mol. The van der Waals surface area contributed by atoms with Crippen LogP contribution in [0.2, 0.25) is 18.1 Å². The van der Waals surface area contributed by atoms with Gasteiger partial charge in [-0.25, -0.2) is 0 Å². The third-order valence-corrected chi connectivity index (χ3v) is 14.0. The van der Waals surface area contributed by atoms with E-state index in [0.717, 1.165) is 38.5 Å². The van der Waals surface area contributed by atoms with Crippen LogP contribution >= 0.6 is 0 Å². The summed E-state index contributed by atoms with van der Waals surface area (Å²) in [5.74, 6) is 2.26. The molecule has 2 aliphatic rings. The molecule has 30 heavy (non-hydrogen) atoms. The summed E-state index contributed by atoms with van der Waals surface area (Å²) in [4.78, 5) is 12.4. The lowest BCUT2D eigenvalue weighted by Gasteiger charge is -2.42. The molecule has 0 aromatic heterocycles. The molecule has 0 heterocycles. The number of fused-ring (bicyclic) bond motifs is 1. The fourth-order valence-corrected chi connectivity index (χ4v) is 6.96. The second-order valence-corrected chi connectivity index (χ2v) is 17.6. The van der Waals surface area contributed by atoms with E-state index in [1.165, 1.54) is 12.8 Å². The molecule has 2 fully saturated rings. The second kappa shape index (κ2) is 9.35. The Balaban J connectivity index is 1.84. The van der Waals surface area contributed by atoms with Gasteiger partial charge < -0.3 is 9.53 Å². The molecular weight excluding hydrogens is 388 g/mol. The summed E-state index contributed by atoms with van der Waals surface area (Å²) < 4.78 is 6.38. The van der Waals surface area contributed by atoms with E-state index in [-0.39, 0.29) is 16.4 Å². The molecule has 0 spiro atoms. The highest BCUT2D eigenvalue weighted by Crippen LogP contribution is 2.57. The minimum absolute atomic E-state index is 0.131. The van der Waals surface area contributed by atoms with Gasteiger partial charge in [0.2, 0.25) is 0 Å². The van der Waals surface area contributed by atoms with Gasteiger partial charge in [0.15, 0.2) is 8.32 Å². The first kappa shape index (κ1) is 26.1. The Morgan fingerprint density at radius 2 is 1.83 bits per heavy atom. The highest BCUT2D eigenvalue weighted by atomic mass is 28.4. The summed E-state index contributed by atoms with van der Waals surface area (Å²) in [5.41, 5.74) is -0.466. The molecule has 2 aliphatic carbocycles. The average molecular weight is 439 g/mol. The van der Waals surface area contributed by atoms with Crippen molar-refractivity contribution in [2.24, 2.45) is 29.1 Å². The van der Waals surface area contributed by atoms with Gasteiger partial charge >= 0.3 is 0 Å². The van der Waals surface area contributed by atoms with Crippen LogP contribution in [0.3, 0.4) is 0 Å². The maximum absolute atomic E-state index is 12.4. The lowest BCUT2D eigenvalue weighted by atomic mass is 9.62. The Labute approximate surface area is 187 Å². The van der Waals surface area contributed by atoms with Gasteiger partial charge in [-0.2, -0.15) is 0 Å². The van der Waals surface area contributed by atoms with Gasteiger partial charge in [0.25, 0.3) is 0 Å². The number of ketones is 1. The Morgan fingerprint density at radius 1 is 1.20 bits per heavy atom. The average Bonchev–Trinajstić information content (AvgIpc) is 2.97. The molecule has 6 atom stereocenters. The number of hydrogen-bond acceptors (Lipinski definition) is 3. The van der Waals surface area contributed by atoms with E-state index in [1.54, 1.807) is 0 Å². The van der Waals surface area contributed by atoms with Crippen LogP contribution in [0, 0.1) is 29.1 Å². The number of aliphatic hydroxyl groups is 1. The van der Waals surface area contributed by atoms with Crippen LogP contribution in [0.1, 0.15) is 99.8 Å². The van der Waals surface area contributed by atoms with Gasteiger partial charge in [0, 0.05) is 24.9 Å². The van der Waals surface area contributed by atoms with Gasteiger partial charge in [0.1, 0.15) is 5.78 Å². The first-order valence-electron chi connectivity index (χ1n) is 12.5. The zero-order chi connectivity index (χ0) is 23.0. The van der Waals surface area contributed by atoms with E-state index in [2.05, 4.69) is 54.6 Å². The van der Waals surface area contributed by atoms with Crippen LogP contribution in [0.4, 0.5) is 0 Å². The molecule has 0 aromatic carbocycles. The van der Waals surface area contributed by atoms with Gasteiger partial charge in [-0.1, -0.05) is 54.4 Å². The third kappa shape index (κ3) is 5.59. The highest BCUT2D eigenvalue weighted by Gasteiger charge is 2.52. The van der Waals surface area contributed by atoms with E-state index >= 15 is 0 Å². The van der Waals surface area contributed by atoms with Crippen molar-refractivity contribution in [3.63, 3.8) is 0 Å². The minimum Gasteiger partial charge on any atom is -0.416 e. The molecule has 2 saturated carbocycles. The fourth-order valence-electron chi connectivity index (χ4n) is 5.86. The molecule has 3 nitrogen and oxygen atoms in total. The van der Waals surface area contributed by atoms with E-state index in [0.29, 0.717) is 30.1 Å². The quantitative estimate of drug-likeness (QED) is 0.395. The molecule has 4 heteroatoms. The molecule has 0 aromatic rings. The normalized spacial score (nSPS) is 31.9. The molecule has 2 rings (SSSR count). The first-order chi connectivity index (χ1) is 13.6. The van der Waals surface area contributed by atoms with Crippen molar-refractivity contribution in [2.45, 2.75) is 124 Å². The Hall–Kier alpha value is -0.193. The molecular formula is C26H50O3Si. The standard InChI is InChI=1S/C26H50O3Si/c1-19(21-14-15-22-23(27)13-11-16-25(21,22)6)12-10-17-26(7,28)20(2)18-29-30(8,9)24(3,4)5/h19-22,28H,10-18H2,1-9H3/t19-,20+,21-,22+,25-,26-/m1/s1. The Kier molecular flexibility index (Phi) is 8.12. The number of hydrogen-bond donors (Lipinski definition) is 1.